The molecule has 8 aromatic carbocycles. The van der Waals surface area contributed by atoms with Gasteiger partial charge in [-0.1, -0.05) is 170 Å². The summed E-state index contributed by atoms with van der Waals surface area (Å²) in [4.78, 5) is 16.0. The zero-order chi connectivity index (χ0) is 39.6. The quantitative estimate of drug-likeness (QED) is 0.169. The van der Waals surface area contributed by atoms with Gasteiger partial charge in [0.2, 0.25) is 0 Å². The normalized spacial score (nSPS) is 12.8. The van der Waals surface area contributed by atoms with Gasteiger partial charge in [0, 0.05) is 38.1 Å². The standard InChI is InChI=1S/C55H36N4O/c1-3-15-35(16-4-1)36-27-29-38(30-28-36)53-56-54(43-23-10-9-21-41(43)37-17-5-2-6-18-37)58-55(57-53)45-31-32-48(52-51(45)44-24-12-14-26-50(44)60-52)59-47-25-13-11-22-42(47)46-33-39-19-7-8-20-40(39)34-49(46)59/h1-30,33-34H,31-32H2. The fourth-order valence-electron chi connectivity index (χ4n) is 9.16. The zero-order valence-corrected chi connectivity index (χ0v) is 32.6. The minimum atomic E-state index is 0.628. The fraction of sp³-hybridized carbons (Fsp3) is 0.0364. The smallest absolute Gasteiger partial charge is 0.164 e. The Morgan fingerprint density at radius 2 is 0.983 bits per heavy atom. The molecule has 0 aliphatic heterocycles. The lowest BCUT2D eigenvalue weighted by Crippen LogP contribution is -2.32. The van der Waals surface area contributed by atoms with Crippen molar-refractivity contribution in [1.29, 1.82) is 0 Å². The highest BCUT2D eigenvalue weighted by Gasteiger charge is 2.26. The van der Waals surface area contributed by atoms with Crippen molar-refractivity contribution in [2.45, 2.75) is 12.8 Å². The molecule has 3 aromatic heterocycles. The summed E-state index contributed by atoms with van der Waals surface area (Å²) in [5.74, 6) is 1.92. The third kappa shape index (κ3) is 5.58. The SMILES string of the molecule is c1ccc(-c2ccc(-c3nc(C4=c5c(oc6ccccc56)=C(n5c6ccccc6c6cc7ccccc7cc65)CC4)nc(-c4ccccc4-c4ccccc4)n3)cc2)cc1. The number of fused-ring (bicyclic) bond motifs is 7. The molecule has 60 heavy (non-hydrogen) atoms. The van der Waals surface area contributed by atoms with Gasteiger partial charge in [0.15, 0.2) is 22.9 Å². The minimum Gasteiger partial charge on any atom is -0.454 e. The van der Waals surface area contributed by atoms with Crippen LogP contribution < -0.4 is 10.6 Å². The summed E-state index contributed by atoms with van der Waals surface area (Å²) in [5, 5.41) is 6.97. The van der Waals surface area contributed by atoms with Crippen LogP contribution in [-0.4, -0.2) is 19.5 Å². The molecule has 0 atom stereocenters. The Morgan fingerprint density at radius 3 is 1.78 bits per heavy atom. The highest BCUT2D eigenvalue weighted by atomic mass is 16.3. The summed E-state index contributed by atoms with van der Waals surface area (Å²) in [6.07, 6.45) is 1.44. The Bertz CT molecular complexity index is 3590. The second kappa shape index (κ2) is 13.9. The highest BCUT2D eigenvalue weighted by Crippen LogP contribution is 2.38. The first kappa shape index (κ1) is 34.2. The molecule has 0 saturated carbocycles. The Balaban J connectivity index is 1.14. The van der Waals surface area contributed by atoms with Crippen molar-refractivity contribution < 1.29 is 4.42 Å². The molecule has 0 bridgehead atoms. The van der Waals surface area contributed by atoms with Crippen molar-refractivity contribution in [2.75, 3.05) is 0 Å². The first-order chi connectivity index (χ1) is 29.7. The minimum absolute atomic E-state index is 0.628. The van der Waals surface area contributed by atoms with E-state index in [0.717, 1.165) is 72.6 Å². The summed E-state index contributed by atoms with van der Waals surface area (Å²) in [7, 11) is 0. The number of aromatic nitrogens is 4. The third-order valence-corrected chi connectivity index (χ3v) is 12.0. The maximum atomic E-state index is 6.98. The van der Waals surface area contributed by atoms with E-state index in [4.69, 9.17) is 19.4 Å². The van der Waals surface area contributed by atoms with E-state index in [0.29, 0.717) is 23.9 Å². The van der Waals surface area contributed by atoms with Gasteiger partial charge in [-0.15, -0.1) is 0 Å². The molecule has 0 fully saturated rings. The maximum Gasteiger partial charge on any atom is 0.164 e. The average molecular weight is 769 g/mol. The summed E-state index contributed by atoms with van der Waals surface area (Å²) < 4.78 is 9.41. The molecule has 3 heterocycles. The van der Waals surface area contributed by atoms with Crippen LogP contribution in [-0.2, 0) is 0 Å². The van der Waals surface area contributed by atoms with Crippen molar-refractivity contribution >= 4 is 54.8 Å². The van der Waals surface area contributed by atoms with Crippen molar-refractivity contribution in [3.05, 3.63) is 211 Å². The molecule has 282 valence electrons. The number of furan rings is 1. The van der Waals surface area contributed by atoms with Crippen molar-refractivity contribution in [1.82, 2.24) is 19.5 Å². The van der Waals surface area contributed by atoms with Crippen LogP contribution in [0.4, 0.5) is 0 Å². The molecule has 1 aliphatic carbocycles. The molecule has 0 unspecified atom stereocenters. The summed E-state index contributed by atoms with van der Waals surface area (Å²) in [5.41, 5.74) is 12.6. The number of para-hydroxylation sites is 2. The van der Waals surface area contributed by atoms with E-state index >= 15 is 0 Å². The Labute approximate surface area is 345 Å². The van der Waals surface area contributed by atoms with E-state index in [1.54, 1.807) is 0 Å². The van der Waals surface area contributed by atoms with E-state index < -0.39 is 0 Å². The summed E-state index contributed by atoms with van der Waals surface area (Å²) >= 11 is 0. The molecular formula is C55H36N4O. The van der Waals surface area contributed by atoms with Crippen LogP contribution in [0.15, 0.2) is 199 Å². The average Bonchev–Trinajstić information content (AvgIpc) is 3.87. The molecule has 12 rings (SSSR count). The maximum absolute atomic E-state index is 6.98. The van der Waals surface area contributed by atoms with Crippen molar-refractivity contribution in [3.8, 4) is 45.0 Å². The number of nitrogens with zero attached hydrogens (tertiary/aromatic N) is 4. The Morgan fingerprint density at radius 1 is 0.400 bits per heavy atom. The number of hydrogen-bond donors (Lipinski definition) is 0. The number of rotatable bonds is 6. The van der Waals surface area contributed by atoms with Gasteiger partial charge in [-0.3, -0.25) is 0 Å². The van der Waals surface area contributed by atoms with Gasteiger partial charge in [0.1, 0.15) is 5.58 Å². The van der Waals surface area contributed by atoms with E-state index in [1.165, 1.54) is 32.6 Å². The van der Waals surface area contributed by atoms with E-state index in [1.807, 2.05) is 18.2 Å². The third-order valence-electron chi connectivity index (χ3n) is 12.0. The van der Waals surface area contributed by atoms with Gasteiger partial charge in [0.25, 0.3) is 0 Å². The topological polar surface area (TPSA) is 56.7 Å². The lowest BCUT2D eigenvalue weighted by Gasteiger charge is -2.18. The van der Waals surface area contributed by atoms with Crippen LogP contribution in [0, 0.1) is 0 Å². The number of benzene rings is 8. The lowest BCUT2D eigenvalue weighted by atomic mass is 9.97. The lowest BCUT2D eigenvalue weighted by molar-refractivity contribution is 0.562. The second-order valence-corrected chi connectivity index (χ2v) is 15.5. The molecule has 5 nitrogen and oxygen atoms in total. The van der Waals surface area contributed by atoms with Gasteiger partial charge >= 0.3 is 0 Å². The van der Waals surface area contributed by atoms with E-state index in [2.05, 4.69) is 180 Å². The van der Waals surface area contributed by atoms with Gasteiger partial charge < -0.3 is 8.98 Å². The fourth-order valence-corrected chi connectivity index (χ4v) is 9.16. The number of hydrogen-bond acceptors (Lipinski definition) is 4. The molecule has 0 amide bonds. The van der Waals surface area contributed by atoms with Crippen LogP contribution in [0.1, 0.15) is 18.7 Å². The Kier molecular flexibility index (Phi) is 7.91. The first-order valence-corrected chi connectivity index (χ1v) is 20.5. The molecular weight excluding hydrogens is 733 g/mol. The van der Waals surface area contributed by atoms with Crippen LogP contribution in [0.3, 0.4) is 0 Å². The van der Waals surface area contributed by atoms with Gasteiger partial charge in [-0.05, 0) is 70.1 Å². The molecule has 11 aromatic rings. The van der Waals surface area contributed by atoms with Crippen LogP contribution in [0.5, 0.6) is 0 Å². The summed E-state index contributed by atoms with van der Waals surface area (Å²) in [6.45, 7) is 0. The Hall–Kier alpha value is -7.89. The predicted molar refractivity (Wildman–Crippen MR) is 245 cm³/mol. The highest BCUT2D eigenvalue weighted by molar-refractivity contribution is 6.14. The predicted octanol–water partition coefficient (Wildman–Crippen LogP) is 12.2. The molecule has 0 N–H and O–H groups in total. The van der Waals surface area contributed by atoms with Crippen LogP contribution in [0.2, 0.25) is 0 Å². The van der Waals surface area contributed by atoms with Crippen LogP contribution >= 0.6 is 0 Å². The van der Waals surface area contributed by atoms with Gasteiger partial charge in [-0.2, -0.15) is 0 Å². The molecule has 5 heteroatoms. The molecule has 0 radical (unpaired) electrons. The van der Waals surface area contributed by atoms with Gasteiger partial charge in [-0.25, -0.2) is 15.0 Å². The summed E-state index contributed by atoms with van der Waals surface area (Å²) in [6, 6.07) is 68.2. The molecule has 1 aliphatic rings. The van der Waals surface area contributed by atoms with Crippen molar-refractivity contribution in [3.63, 3.8) is 0 Å². The molecule has 0 saturated heterocycles. The second-order valence-electron chi connectivity index (χ2n) is 15.5. The monoisotopic (exact) mass is 768 g/mol. The molecule has 0 spiro atoms. The first-order valence-electron chi connectivity index (χ1n) is 20.5. The van der Waals surface area contributed by atoms with Gasteiger partial charge in [0.05, 0.1) is 16.7 Å². The largest absolute Gasteiger partial charge is 0.454 e. The van der Waals surface area contributed by atoms with Crippen LogP contribution in [0.25, 0.3) is 99.8 Å². The zero-order valence-electron chi connectivity index (χ0n) is 32.6. The van der Waals surface area contributed by atoms with Crippen molar-refractivity contribution in [2.24, 2.45) is 0 Å². The van der Waals surface area contributed by atoms with E-state index in [9.17, 15) is 0 Å². The van der Waals surface area contributed by atoms with E-state index in [-0.39, 0.29) is 0 Å².